The summed E-state index contributed by atoms with van der Waals surface area (Å²) in [6.07, 6.45) is 0. The third-order valence-electron chi connectivity index (χ3n) is 6.76. The molecule has 0 saturated heterocycles. The van der Waals surface area contributed by atoms with Crippen LogP contribution in [0.3, 0.4) is 0 Å². The predicted molar refractivity (Wildman–Crippen MR) is 156 cm³/mol. The molecular formula is C34H39NO. The molecule has 0 amide bonds. The van der Waals surface area contributed by atoms with Gasteiger partial charge in [-0.05, 0) is 56.3 Å². The van der Waals surface area contributed by atoms with Crippen molar-refractivity contribution in [2.45, 2.75) is 52.4 Å². The summed E-state index contributed by atoms with van der Waals surface area (Å²) in [5, 5.41) is 3.57. The van der Waals surface area contributed by atoms with Crippen LogP contribution < -0.4 is 5.32 Å². The monoisotopic (exact) mass is 477 g/mol. The Labute approximate surface area is 217 Å². The van der Waals surface area contributed by atoms with Crippen LogP contribution in [0.25, 0.3) is 33.4 Å². The van der Waals surface area contributed by atoms with Crippen LogP contribution in [0.1, 0.15) is 52.7 Å². The molecule has 0 heterocycles. The average Bonchev–Trinajstić information content (AvgIpc) is 2.86. The second-order valence-electron chi connectivity index (χ2n) is 11.6. The summed E-state index contributed by atoms with van der Waals surface area (Å²) in [5.74, 6) is 0. The van der Waals surface area contributed by atoms with E-state index in [1.165, 1.54) is 44.5 Å². The van der Waals surface area contributed by atoms with Crippen LogP contribution in [0.2, 0.25) is 0 Å². The quantitative estimate of drug-likeness (QED) is 0.279. The standard InChI is InChI=1S/C34H39NO/c1-33(2,3)28-17-13-25(14-18-28)30-21-27(24-11-9-8-10-12-24)22-31(32(30)35-23-36-7)26-15-19-29(20-16-26)34(4,5)6/h8-22,35H,23H2,1-7H3. The summed E-state index contributed by atoms with van der Waals surface area (Å²) >= 11 is 0. The fourth-order valence-electron chi connectivity index (χ4n) is 4.53. The highest BCUT2D eigenvalue weighted by Crippen LogP contribution is 2.42. The number of hydrogen-bond acceptors (Lipinski definition) is 2. The number of methoxy groups -OCH3 is 1. The minimum atomic E-state index is 0.113. The van der Waals surface area contributed by atoms with Crippen LogP contribution >= 0.6 is 0 Å². The van der Waals surface area contributed by atoms with Gasteiger partial charge >= 0.3 is 0 Å². The van der Waals surface area contributed by atoms with E-state index in [0.717, 1.165) is 5.69 Å². The maximum Gasteiger partial charge on any atom is 0.116 e. The van der Waals surface area contributed by atoms with Gasteiger partial charge in [-0.25, -0.2) is 0 Å². The molecule has 0 radical (unpaired) electrons. The van der Waals surface area contributed by atoms with Gasteiger partial charge in [-0.15, -0.1) is 0 Å². The molecule has 4 rings (SSSR count). The molecule has 0 spiro atoms. The summed E-state index contributed by atoms with van der Waals surface area (Å²) in [4.78, 5) is 0. The van der Waals surface area contributed by atoms with Crippen molar-refractivity contribution in [2.75, 3.05) is 19.2 Å². The Bertz CT molecular complexity index is 1210. The lowest BCUT2D eigenvalue weighted by Crippen LogP contribution is -2.11. The van der Waals surface area contributed by atoms with Gasteiger partial charge in [-0.2, -0.15) is 0 Å². The normalized spacial score (nSPS) is 12.0. The molecule has 0 atom stereocenters. The van der Waals surface area contributed by atoms with E-state index in [2.05, 4.69) is 138 Å². The van der Waals surface area contributed by atoms with Gasteiger partial charge in [0.1, 0.15) is 6.73 Å². The number of rotatable bonds is 6. The Hall–Kier alpha value is -3.36. The Morgan fingerprint density at radius 2 is 1.00 bits per heavy atom. The molecule has 0 bridgehead atoms. The number of ether oxygens (including phenoxy) is 1. The first-order valence-corrected chi connectivity index (χ1v) is 12.8. The summed E-state index contributed by atoms with van der Waals surface area (Å²) in [6, 6.07) is 33.2. The zero-order valence-electron chi connectivity index (χ0n) is 22.8. The summed E-state index contributed by atoms with van der Waals surface area (Å²) in [6.45, 7) is 14.0. The largest absolute Gasteiger partial charge is 0.365 e. The van der Waals surface area contributed by atoms with Gasteiger partial charge in [0.05, 0.1) is 5.69 Å². The Balaban J connectivity index is 1.95. The lowest BCUT2D eigenvalue weighted by atomic mass is 9.84. The maximum atomic E-state index is 5.46. The van der Waals surface area contributed by atoms with Crippen molar-refractivity contribution in [3.8, 4) is 33.4 Å². The van der Waals surface area contributed by atoms with Crippen LogP contribution in [0, 0.1) is 0 Å². The third-order valence-corrected chi connectivity index (χ3v) is 6.76. The minimum absolute atomic E-state index is 0.113. The Morgan fingerprint density at radius 3 is 1.39 bits per heavy atom. The van der Waals surface area contributed by atoms with Gasteiger partial charge in [0.2, 0.25) is 0 Å². The molecule has 2 heteroatoms. The van der Waals surface area contributed by atoms with Crippen LogP contribution in [0.4, 0.5) is 5.69 Å². The van der Waals surface area contributed by atoms with Crippen molar-refractivity contribution in [1.29, 1.82) is 0 Å². The first-order chi connectivity index (χ1) is 17.1. The molecule has 186 valence electrons. The van der Waals surface area contributed by atoms with E-state index in [1.807, 2.05) is 0 Å². The molecule has 0 aliphatic heterocycles. The molecule has 4 aromatic carbocycles. The van der Waals surface area contributed by atoms with E-state index in [4.69, 9.17) is 4.74 Å². The molecule has 1 N–H and O–H groups in total. The Kier molecular flexibility index (Phi) is 7.38. The summed E-state index contributed by atoms with van der Waals surface area (Å²) in [5.41, 5.74) is 11.1. The van der Waals surface area contributed by atoms with E-state index < -0.39 is 0 Å². The average molecular weight is 478 g/mol. The molecule has 0 aromatic heterocycles. The minimum Gasteiger partial charge on any atom is -0.365 e. The van der Waals surface area contributed by atoms with Crippen LogP contribution in [-0.2, 0) is 15.6 Å². The van der Waals surface area contributed by atoms with Crippen molar-refractivity contribution in [3.05, 3.63) is 102 Å². The van der Waals surface area contributed by atoms with Crippen molar-refractivity contribution in [1.82, 2.24) is 0 Å². The van der Waals surface area contributed by atoms with Crippen molar-refractivity contribution in [3.63, 3.8) is 0 Å². The van der Waals surface area contributed by atoms with Gasteiger partial charge in [-0.3, -0.25) is 0 Å². The summed E-state index contributed by atoms with van der Waals surface area (Å²) in [7, 11) is 1.72. The first-order valence-electron chi connectivity index (χ1n) is 12.8. The van der Waals surface area contributed by atoms with Crippen molar-refractivity contribution >= 4 is 5.69 Å². The topological polar surface area (TPSA) is 21.3 Å². The van der Waals surface area contributed by atoms with Gasteiger partial charge in [0.25, 0.3) is 0 Å². The molecule has 36 heavy (non-hydrogen) atoms. The highest BCUT2D eigenvalue weighted by Gasteiger charge is 2.19. The fourth-order valence-corrected chi connectivity index (χ4v) is 4.53. The number of benzene rings is 4. The van der Waals surface area contributed by atoms with Crippen LogP contribution in [0.5, 0.6) is 0 Å². The molecule has 0 saturated carbocycles. The highest BCUT2D eigenvalue weighted by atomic mass is 16.5. The molecule has 4 aromatic rings. The predicted octanol–water partition coefficient (Wildman–Crippen LogP) is 9.30. The van der Waals surface area contributed by atoms with Crippen molar-refractivity contribution in [2.24, 2.45) is 0 Å². The zero-order chi connectivity index (χ0) is 25.9. The van der Waals surface area contributed by atoms with E-state index >= 15 is 0 Å². The molecule has 0 unspecified atom stereocenters. The van der Waals surface area contributed by atoms with Gasteiger partial charge in [0.15, 0.2) is 0 Å². The molecular weight excluding hydrogens is 438 g/mol. The smallest absolute Gasteiger partial charge is 0.116 e. The maximum absolute atomic E-state index is 5.46. The SMILES string of the molecule is COCNc1c(-c2ccc(C(C)(C)C)cc2)cc(-c2ccccc2)cc1-c1ccc(C(C)(C)C)cc1. The zero-order valence-corrected chi connectivity index (χ0v) is 22.8. The Morgan fingerprint density at radius 1 is 0.556 bits per heavy atom. The third kappa shape index (κ3) is 5.71. The van der Waals surface area contributed by atoms with Crippen molar-refractivity contribution < 1.29 is 4.74 Å². The highest BCUT2D eigenvalue weighted by molar-refractivity contribution is 5.94. The lowest BCUT2D eigenvalue weighted by molar-refractivity contribution is 0.221. The van der Waals surface area contributed by atoms with Gasteiger partial charge in [-0.1, -0.05) is 120 Å². The van der Waals surface area contributed by atoms with E-state index in [-0.39, 0.29) is 10.8 Å². The second-order valence-corrected chi connectivity index (χ2v) is 11.6. The van der Waals surface area contributed by atoms with Gasteiger partial charge < -0.3 is 10.1 Å². The molecule has 0 aliphatic rings. The van der Waals surface area contributed by atoms with Gasteiger partial charge in [0, 0.05) is 18.2 Å². The summed E-state index contributed by atoms with van der Waals surface area (Å²) < 4.78 is 5.46. The molecule has 0 aliphatic carbocycles. The first kappa shape index (κ1) is 25.7. The van der Waals surface area contributed by atoms with Crippen LogP contribution in [-0.4, -0.2) is 13.8 Å². The molecule has 0 fully saturated rings. The molecule has 2 nitrogen and oxygen atoms in total. The van der Waals surface area contributed by atoms with E-state index in [1.54, 1.807) is 7.11 Å². The number of nitrogens with one attached hydrogen (secondary N) is 1. The van der Waals surface area contributed by atoms with E-state index in [9.17, 15) is 0 Å². The fraction of sp³-hybridized carbons (Fsp3) is 0.294. The number of hydrogen-bond donors (Lipinski definition) is 1. The van der Waals surface area contributed by atoms with Crippen LogP contribution in [0.15, 0.2) is 91.0 Å². The second kappa shape index (κ2) is 10.3. The lowest BCUT2D eigenvalue weighted by Gasteiger charge is -2.22. The number of anilines is 1. The van der Waals surface area contributed by atoms with E-state index in [0.29, 0.717) is 6.73 Å².